The Bertz CT molecular complexity index is 525. The fourth-order valence-electron chi connectivity index (χ4n) is 3.49. The number of nitrogens with zero attached hydrogens (tertiary/aromatic N) is 2. The van der Waals surface area contributed by atoms with Gasteiger partial charge in [-0.2, -0.15) is 5.26 Å². The molecule has 1 saturated carbocycles. The van der Waals surface area contributed by atoms with Gasteiger partial charge in [0.2, 0.25) is 5.91 Å². The molecule has 1 aromatic carbocycles. The van der Waals surface area contributed by atoms with Crippen molar-refractivity contribution in [1.82, 2.24) is 4.90 Å². The van der Waals surface area contributed by atoms with Crippen LogP contribution in [0.3, 0.4) is 0 Å². The molecule has 1 aromatic rings. The highest BCUT2D eigenvalue weighted by molar-refractivity contribution is 5.86. The molecule has 1 amide bonds. The van der Waals surface area contributed by atoms with Crippen molar-refractivity contribution in [3.8, 4) is 6.07 Å². The van der Waals surface area contributed by atoms with E-state index in [4.69, 9.17) is 0 Å². The highest BCUT2D eigenvalue weighted by Crippen LogP contribution is 2.38. The molecule has 0 spiro atoms. The second-order valence-electron chi connectivity index (χ2n) is 6.04. The molecule has 0 atom stereocenters. The first kappa shape index (κ1) is 13.2. The molecule has 3 rings (SSSR count). The van der Waals surface area contributed by atoms with Gasteiger partial charge in [-0.05, 0) is 24.0 Å². The van der Waals surface area contributed by atoms with Gasteiger partial charge in [0.1, 0.15) is 5.41 Å². The predicted molar refractivity (Wildman–Crippen MR) is 76.4 cm³/mol. The van der Waals surface area contributed by atoms with Gasteiger partial charge in [0.15, 0.2) is 0 Å². The monoisotopic (exact) mass is 268 g/mol. The molecule has 0 aromatic heterocycles. The topological polar surface area (TPSA) is 44.1 Å². The number of rotatable bonds is 1. The minimum absolute atomic E-state index is 0.0538. The molecule has 0 saturated heterocycles. The van der Waals surface area contributed by atoms with Crippen LogP contribution >= 0.6 is 0 Å². The SMILES string of the molecule is N#CC1(C(=O)N2Cc3ccccc3C2)CCCCCC1. The molecule has 0 bridgehead atoms. The molecule has 1 fully saturated rings. The van der Waals surface area contributed by atoms with Gasteiger partial charge >= 0.3 is 0 Å². The second-order valence-corrected chi connectivity index (χ2v) is 6.04. The number of amides is 1. The number of hydrogen-bond acceptors (Lipinski definition) is 2. The molecular formula is C17H20N2O. The molecule has 3 nitrogen and oxygen atoms in total. The summed E-state index contributed by atoms with van der Waals surface area (Å²) in [5, 5.41) is 9.62. The molecule has 1 aliphatic carbocycles. The number of benzene rings is 1. The van der Waals surface area contributed by atoms with Crippen molar-refractivity contribution in [2.45, 2.75) is 51.6 Å². The first-order valence-electron chi connectivity index (χ1n) is 7.53. The van der Waals surface area contributed by atoms with Crippen LogP contribution in [-0.4, -0.2) is 10.8 Å². The predicted octanol–water partition coefficient (Wildman–Crippen LogP) is 3.39. The largest absolute Gasteiger partial charge is 0.333 e. The summed E-state index contributed by atoms with van der Waals surface area (Å²) < 4.78 is 0. The van der Waals surface area contributed by atoms with Crippen LogP contribution in [-0.2, 0) is 17.9 Å². The molecule has 0 unspecified atom stereocenters. The molecule has 1 aliphatic heterocycles. The summed E-state index contributed by atoms with van der Waals surface area (Å²) in [5.41, 5.74) is 1.68. The zero-order valence-electron chi connectivity index (χ0n) is 11.8. The van der Waals surface area contributed by atoms with Crippen LogP contribution in [0.2, 0.25) is 0 Å². The van der Waals surface area contributed by atoms with Crippen molar-refractivity contribution in [2.24, 2.45) is 5.41 Å². The Hall–Kier alpha value is -1.82. The average molecular weight is 268 g/mol. The smallest absolute Gasteiger partial charge is 0.243 e. The summed E-state index contributed by atoms with van der Waals surface area (Å²) >= 11 is 0. The summed E-state index contributed by atoms with van der Waals surface area (Å²) in [7, 11) is 0. The summed E-state index contributed by atoms with van der Waals surface area (Å²) in [6.07, 6.45) is 5.76. The minimum atomic E-state index is -0.765. The minimum Gasteiger partial charge on any atom is -0.333 e. The Labute approximate surface area is 120 Å². The lowest BCUT2D eigenvalue weighted by Crippen LogP contribution is -2.40. The third kappa shape index (κ3) is 2.20. The third-order valence-electron chi connectivity index (χ3n) is 4.71. The van der Waals surface area contributed by atoms with Gasteiger partial charge in [0.25, 0.3) is 0 Å². The van der Waals surface area contributed by atoms with Crippen LogP contribution < -0.4 is 0 Å². The summed E-state index contributed by atoms with van der Waals surface area (Å²) in [5.74, 6) is 0.0538. The maximum atomic E-state index is 12.9. The molecule has 3 heteroatoms. The van der Waals surface area contributed by atoms with Gasteiger partial charge in [-0.25, -0.2) is 0 Å². The number of carbonyl (C=O) groups is 1. The fraction of sp³-hybridized carbons (Fsp3) is 0.529. The van der Waals surface area contributed by atoms with E-state index in [0.29, 0.717) is 13.1 Å². The Kier molecular flexibility index (Phi) is 3.48. The fourth-order valence-corrected chi connectivity index (χ4v) is 3.49. The van der Waals surface area contributed by atoms with Gasteiger partial charge < -0.3 is 4.90 Å². The van der Waals surface area contributed by atoms with E-state index >= 15 is 0 Å². The van der Waals surface area contributed by atoms with Crippen LogP contribution in [0.4, 0.5) is 0 Å². The van der Waals surface area contributed by atoms with Crippen molar-refractivity contribution in [3.63, 3.8) is 0 Å². The summed E-state index contributed by atoms with van der Waals surface area (Å²) in [6, 6.07) is 10.6. The third-order valence-corrected chi connectivity index (χ3v) is 4.71. The van der Waals surface area contributed by atoms with Crippen molar-refractivity contribution in [3.05, 3.63) is 35.4 Å². The summed E-state index contributed by atoms with van der Waals surface area (Å²) in [4.78, 5) is 14.8. The summed E-state index contributed by atoms with van der Waals surface area (Å²) in [6.45, 7) is 1.33. The van der Waals surface area contributed by atoms with Gasteiger partial charge in [0.05, 0.1) is 6.07 Å². The molecule has 0 radical (unpaired) electrons. The van der Waals surface area contributed by atoms with Crippen LogP contribution in [0, 0.1) is 16.7 Å². The maximum Gasteiger partial charge on any atom is 0.243 e. The Balaban J connectivity index is 1.81. The lowest BCUT2D eigenvalue weighted by atomic mass is 9.80. The lowest BCUT2D eigenvalue weighted by Gasteiger charge is -2.29. The number of fused-ring (bicyclic) bond motifs is 1. The number of nitriles is 1. The Morgan fingerprint density at radius 2 is 1.60 bits per heavy atom. The van der Waals surface area contributed by atoms with E-state index in [1.165, 1.54) is 11.1 Å². The van der Waals surface area contributed by atoms with E-state index in [-0.39, 0.29) is 5.91 Å². The van der Waals surface area contributed by atoms with Gasteiger partial charge in [0, 0.05) is 13.1 Å². The van der Waals surface area contributed by atoms with E-state index < -0.39 is 5.41 Å². The zero-order chi connectivity index (χ0) is 14.0. The highest BCUT2D eigenvalue weighted by atomic mass is 16.2. The van der Waals surface area contributed by atoms with E-state index in [2.05, 4.69) is 18.2 Å². The number of carbonyl (C=O) groups excluding carboxylic acids is 1. The van der Waals surface area contributed by atoms with Crippen LogP contribution in [0.25, 0.3) is 0 Å². The Morgan fingerprint density at radius 1 is 1.05 bits per heavy atom. The van der Waals surface area contributed by atoms with Crippen molar-refractivity contribution < 1.29 is 4.79 Å². The van der Waals surface area contributed by atoms with Crippen molar-refractivity contribution >= 4 is 5.91 Å². The van der Waals surface area contributed by atoms with E-state index in [1.54, 1.807) is 0 Å². The molecule has 104 valence electrons. The zero-order valence-corrected chi connectivity index (χ0v) is 11.8. The van der Waals surface area contributed by atoms with Crippen LogP contribution in [0.1, 0.15) is 49.7 Å². The molecule has 1 heterocycles. The maximum absolute atomic E-state index is 12.9. The first-order valence-corrected chi connectivity index (χ1v) is 7.53. The van der Waals surface area contributed by atoms with E-state index in [9.17, 15) is 10.1 Å². The molecular weight excluding hydrogens is 248 g/mol. The molecule has 2 aliphatic rings. The quantitative estimate of drug-likeness (QED) is 0.733. The standard InChI is InChI=1S/C17H20N2O/c18-13-17(9-5-1-2-6-10-17)16(20)19-11-14-7-3-4-8-15(14)12-19/h3-4,7-8H,1-2,5-6,9-12H2. The first-order chi connectivity index (χ1) is 9.75. The highest BCUT2D eigenvalue weighted by Gasteiger charge is 2.42. The molecule has 20 heavy (non-hydrogen) atoms. The second kappa shape index (κ2) is 5.28. The van der Waals surface area contributed by atoms with Crippen LogP contribution in [0.15, 0.2) is 24.3 Å². The number of hydrogen-bond donors (Lipinski definition) is 0. The normalized spacial score (nSPS) is 20.9. The van der Waals surface area contributed by atoms with Crippen molar-refractivity contribution in [2.75, 3.05) is 0 Å². The van der Waals surface area contributed by atoms with Gasteiger partial charge in [-0.1, -0.05) is 49.9 Å². The van der Waals surface area contributed by atoms with Crippen LogP contribution in [0.5, 0.6) is 0 Å². The average Bonchev–Trinajstić information content (AvgIpc) is 2.76. The van der Waals surface area contributed by atoms with Gasteiger partial charge in [-0.15, -0.1) is 0 Å². The van der Waals surface area contributed by atoms with E-state index in [0.717, 1.165) is 38.5 Å². The van der Waals surface area contributed by atoms with E-state index in [1.807, 2.05) is 17.0 Å². The van der Waals surface area contributed by atoms with Crippen molar-refractivity contribution in [1.29, 1.82) is 5.26 Å². The lowest BCUT2D eigenvalue weighted by molar-refractivity contribution is -0.140. The molecule has 0 N–H and O–H groups in total. The van der Waals surface area contributed by atoms with Gasteiger partial charge in [-0.3, -0.25) is 4.79 Å². The Morgan fingerprint density at radius 3 is 2.10 bits per heavy atom.